The van der Waals surface area contributed by atoms with Crippen LogP contribution >= 0.6 is 0 Å². The van der Waals surface area contributed by atoms with Gasteiger partial charge in [0.15, 0.2) is 12.4 Å². The number of hydrogen-bond acceptors (Lipinski definition) is 10. The highest BCUT2D eigenvalue weighted by Gasteiger charge is 2.44. The quantitative estimate of drug-likeness (QED) is 0.0273. The number of rotatable bonds is 37. The number of carbonyl (C=O) groups excluding carboxylic acids is 2. The van der Waals surface area contributed by atoms with E-state index < -0.39 is 49.4 Å². The van der Waals surface area contributed by atoms with Crippen LogP contribution in [-0.4, -0.2) is 89.0 Å². The second-order valence-electron chi connectivity index (χ2n) is 15.2. The number of allylic oxidation sites excluding steroid dienone is 5. The summed E-state index contributed by atoms with van der Waals surface area (Å²) in [5.74, 6) is -0.824. The van der Waals surface area contributed by atoms with E-state index in [9.17, 15) is 30.0 Å². The third-order valence-corrected chi connectivity index (χ3v) is 10.1. The van der Waals surface area contributed by atoms with Crippen molar-refractivity contribution in [3.8, 4) is 0 Å². The van der Waals surface area contributed by atoms with Gasteiger partial charge in [-0.2, -0.15) is 0 Å². The first-order valence-electron chi connectivity index (χ1n) is 22.0. The molecule has 1 heterocycles. The minimum absolute atomic E-state index is 0.214. The van der Waals surface area contributed by atoms with Crippen LogP contribution in [0.2, 0.25) is 0 Å². The molecule has 1 aliphatic heterocycles. The zero-order chi connectivity index (χ0) is 40.2. The molecule has 1 saturated heterocycles. The topological polar surface area (TPSA) is 152 Å². The predicted molar refractivity (Wildman–Crippen MR) is 219 cm³/mol. The van der Waals surface area contributed by atoms with Crippen LogP contribution in [0.4, 0.5) is 0 Å². The largest absolute Gasteiger partial charge is 0.462 e. The van der Waals surface area contributed by atoms with Gasteiger partial charge in [-0.25, -0.2) is 0 Å². The lowest BCUT2D eigenvalue weighted by Crippen LogP contribution is -2.59. The van der Waals surface area contributed by atoms with E-state index in [4.69, 9.17) is 18.9 Å². The number of unbranched alkanes of at least 4 members (excludes halogenated alkanes) is 21. The summed E-state index contributed by atoms with van der Waals surface area (Å²) in [5, 5.41) is 40.0. The zero-order valence-electron chi connectivity index (χ0n) is 34.5. The predicted octanol–water partition coefficient (Wildman–Crippen LogP) is 9.11. The normalized spacial score (nSPS) is 20.6. The number of esters is 2. The Morgan fingerprint density at radius 1 is 0.618 bits per heavy atom. The molecule has 1 aliphatic rings. The van der Waals surface area contributed by atoms with Gasteiger partial charge < -0.3 is 39.4 Å². The number of aliphatic hydroxyl groups excluding tert-OH is 4. The third kappa shape index (κ3) is 28.0. The molecular formula is C45H80O10. The Labute approximate surface area is 334 Å². The van der Waals surface area contributed by atoms with Crippen LogP contribution in [0, 0.1) is 0 Å². The lowest BCUT2D eigenvalue weighted by atomic mass is 9.99. The van der Waals surface area contributed by atoms with Crippen LogP contribution in [0.1, 0.15) is 180 Å². The Morgan fingerprint density at radius 3 is 1.64 bits per heavy atom. The van der Waals surface area contributed by atoms with Crippen LogP contribution in [-0.2, 0) is 28.5 Å². The molecule has 0 spiro atoms. The van der Waals surface area contributed by atoms with Crippen molar-refractivity contribution in [2.24, 2.45) is 0 Å². The zero-order valence-corrected chi connectivity index (χ0v) is 34.5. The lowest BCUT2D eigenvalue weighted by molar-refractivity contribution is -0.305. The minimum atomic E-state index is -1.60. The van der Waals surface area contributed by atoms with E-state index in [1.54, 1.807) is 0 Å². The fraction of sp³-hybridized carbons (Fsp3) is 0.822. The maximum atomic E-state index is 12.7. The first-order valence-corrected chi connectivity index (χ1v) is 22.0. The molecule has 0 saturated carbocycles. The van der Waals surface area contributed by atoms with Gasteiger partial charge in [-0.1, -0.05) is 140 Å². The van der Waals surface area contributed by atoms with Crippen LogP contribution in [0.15, 0.2) is 37.0 Å². The molecular weight excluding hydrogens is 700 g/mol. The maximum absolute atomic E-state index is 12.7. The Kier molecular flexibility index (Phi) is 33.6. The van der Waals surface area contributed by atoms with E-state index in [0.717, 1.165) is 70.6 Å². The Morgan fingerprint density at radius 2 is 1.11 bits per heavy atom. The molecule has 0 aromatic carbocycles. The Bertz CT molecular complexity index is 983. The molecule has 320 valence electrons. The summed E-state index contributed by atoms with van der Waals surface area (Å²) in [6.07, 6.45) is 31.8. The van der Waals surface area contributed by atoms with Gasteiger partial charge in [-0.15, -0.1) is 6.58 Å². The third-order valence-electron chi connectivity index (χ3n) is 10.1. The van der Waals surface area contributed by atoms with Crippen LogP contribution in [0.5, 0.6) is 0 Å². The molecule has 6 atom stereocenters. The fourth-order valence-corrected chi connectivity index (χ4v) is 6.61. The molecule has 0 aromatic heterocycles. The summed E-state index contributed by atoms with van der Waals surface area (Å²) in [6.45, 7) is 4.90. The molecule has 10 heteroatoms. The van der Waals surface area contributed by atoms with Crippen molar-refractivity contribution in [2.75, 3.05) is 19.8 Å². The summed E-state index contributed by atoms with van der Waals surface area (Å²) >= 11 is 0. The molecule has 2 unspecified atom stereocenters. The van der Waals surface area contributed by atoms with E-state index in [0.29, 0.717) is 6.42 Å². The van der Waals surface area contributed by atoms with Crippen LogP contribution < -0.4 is 0 Å². The molecule has 1 rings (SSSR count). The molecule has 4 N–H and O–H groups in total. The summed E-state index contributed by atoms with van der Waals surface area (Å²) in [7, 11) is 0. The Hall–Kier alpha value is -2.08. The van der Waals surface area contributed by atoms with Crippen molar-refractivity contribution in [1.82, 2.24) is 0 Å². The first-order chi connectivity index (χ1) is 26.8. The van der Waals surface area contributed by atoms with Crippen molar-refractivity contribution in [3.63, 3.8) is 0 Å². The summed E-state index contributed by atoms with van der Waals surface area (Å²) in [4.78, 5) is 25.3. The highest BCUT2D eigenvalue weighted by Crippen LogP contribution is 2.23. The maximum Gasteiger partial charge on any atom is 0.306 e. The number of carbonyl (C=O) groups is 2. The Balaban J connectivity index is 2.34. The molecule has 10 nitrogen and oxygen atoms in total. The molecule has 55 heavy (non-hydrogen) atoms. The van der Waals surface area contributed by atoms with Gasteiger partial charge >= 0.3 is 11.9 Å². The molecule has 1 fully saturated rings. The monoisotopic (exact) mass is 781 g/mol. The molecule has 0 amide bonds. The van der Waals surface area contributed by atoms with E-state index in [1.165, 1.54) is 83.5 Å². The second kappa shape index (κ2) is 36.3. The number of ether oxygens (including phenoxy) is 4. The molecule has 0 aliphatic carbocycles. The van der Waals surface area contributed by atoms with Gasteiger partial charge in [0.05, 0.1) is 13.2 Å². The van der Waals surface area contributed by atoms with Gasteiger partial charge in [-0.05, 0) is 57.8 Å². The van der Waals surface area contributed by atoms with Crippen molar-refractivity contribution >= 4 is 11.9 Å². The lowest BCUT2D eigenvalue weighted by Gasteiger charge is -2.39. The standard InChI is InChI=1S/C45H80O10/c1-3-5-7-9-11-13-15-17-19-21-23-25-27-29-31-33-40(47)52-36-38(37-53-45-44(51)43(50)42(49)39(35-46)55-45)54-41(48)34-32-30-28-26-24-22-20-18-16-14-12-10-8-6-4-2/h3,12,14,18,20,38-39,42-46,49-51H,1,4-11,13,15-17,19,21-37H2,2H3/b14-12+,20-18+/t38-,39-,42+,43?,44?,45-/m0/s1. The summed E-state index contributed by atoms with van der Waals surface area (Å²) in [5.41, 5.74) is 0. The average Bonchev–Trinajstić information content (AvgIpc) is 3.18. The van der Waals surface area contributed by atoms with E-state index >= 15 is 0 Å². The van der Waals surface area contributed by atoms with E-state index in [-0.39, 0.29) is 32.0 Å². The molecule has 0 radical (unpaired) electrons. The van der Waals surface area contributed by atoms with Gasteiger partial charge in [0.1, 0.15) is 31.0 Å². The van der Waals surface area contributed by atoms with E-state index in [2.05, 4.69) is 37.8 Å². The molecule has 0 aromatic rings. The highest BCUT2D eigenvalue weighted by atomic mass is 16.7. The first kappa shape index (κ1) is 50.9. The van der Waals surface area contributed by atoms with Crippen LogP contribution in [0.25, 0.3) is 0 Å². The smallest absolute Gasteiger partial charge is 0.306 e. The second-order valence-corrected chi connectivity index (χ2v) is 15.2. The van der Waals surface area contributed by atoms with Crippen molar-refractivity contribution in [2.45, 2.75) is 217 Å². The van der Waals surface area contributed by atoms with E-state index in [1.807, 2.05) is 6.08 Å². The number of hydrogen-bond donors (Lipinski definition) is 4. The summed E-state index contributed by atoms with van der Waals surface area (Å²) in [6, 6.07) is 0. The highest BCUT2D eigenvalue weighted by molar-refractivity contribution is 5.70. The van der Waals surface area contributed by atoms with Crippen molar-refractivity contribution in [3.05, 3.63) is 37.0 Å². The number of aliphatic hydroxyl groups is 4. The van der Waals surface area contributed by atoms with Crippen molar-refractivity contribution < 1.29 is 49.0 Å². The summed E-state index contributed by atoms with van der Waals surface area (Å²) < 4.78 is 22.1. The van der Waals surface area contributed by atoms with Gasteiger partial charge in [0, 0.05) is 12.8 Å². The van der Waals surface area contributed by atoms with Crippen LogP contribution in [0.3, 0.4) is 0 Å². The molecule has 0 bridgehead atoms. The van der Waals surface area contributed by atoms with Gasteiger partial charge in [-0.3, -0.25) is 9.59 Å². The fourth-order valence-electron chi connectivity index (χ4n) is 6.61. The van der Waals surface area contributed by atoms with Crippen molar-refractivity contribution in [1.29, 1.82) is 0 Å². The van der Waals surface area contributed by atoms with Gasteiger partial charge in [0.25, 0.3) is 0 Å². The van der Waals surface area contributed by atoms with Gasteiger partial charge in [0.2, 0.25) is 0 Å². The SMILES string of the molecule is C=CCCCCCCCCCCCCCCCC(=O)OC[C@@H](CO[C@H]1O[C@@H](CO)[C@@H](O)C(O)C1O)OC(=O)CCCCCCC/C=C/C/C=C/CCCCC. The average molecular weight is 781 g/mol. The minimum Gasteiger partial charge on any atom is -0.462 e.